The van der Waals surface area contributed by atoms with Crippen molar-refractivity contribution in [1.29, 1.82) is 5.41 Å². The lowest BCUT2D eigenvalue weighted by Crippen LogP contribution is -2.69. The number of Topliss-reactive ketones (excluding diaryl/α,β-unsaturated/α-hetero) is 2. The smallest absolute Gasteiger partial charge is 0.357 e. The highest BCUT2D eigenvalue weighted by molar-refractivity contribution is 7.78. The Balaban J connectivity index is 2.18. The van der Waals surface area contributed by atoms with Gasteiger partial charge in [0.05, 0.1) is 17.7 Å². The summed E-state index contributed by atoms with van der Waals surface area (Å²) in [7, 11) is 1.21. The first kappa shape index (κ1) is 38.7. The lowest BCUT2D eigenvalue weighted by atomic mass is 9.74. The second-order valence-electron chi connectivity index (χ2n) is 11.2. The number of aliphatic hydroxyl groups excluding tert-OH is 2. The van der Waals surface area contributed by atoms with Crippen molar-refractivity contribution < 1.29 is 77.9 Å². The number of carbonyl (C=O) groups is 5. The Hall–Kier alpha value is -3.78. The first-order chi connectivity index (χ1) is 22.4. The van der Waals surface area contributed by atoms with Gasteiger partial charge in [-0.05, 0) is 33.0 Å². The fraction of sp³-hybridized carbons (Fsp3) is 0.621. The number of isothiocyanates is 1. The molecular formula is C29H36N2O16S. The van der Waals surface area contributed by atoms with E-state index in [1.54, 1.807) is 0 Å². The number of ether oxygens (including phenoxy) is 6. The molecule has 19 heteroatoms. The number of aliphatic carboxylic acids is 1. The number of hydrogen-bond acceptors (Lipinski definition) is 18. The van der Waals surface area contributed by atoms with E-state index in [4.69, 9.17) is 33.8 Å². The lowest BCUT2D eigenvalue weighted by Gasteiger charge is -2.51. The lowest BCUT2D eigenvalue weighted by molar-refractivity contribution is -0.333. The predicted octanol–water partition coefficient (Wildman–Crippen LogP) is -0.928. The minimum absolute atomic E-state index is 0.357. The van der Waals surface area contributed by atoms with Crippen LogP contribution >= 0.6 is 12.2 Å². The van der Waals surface area contributed by atoms with Crippen LogP contribution in [0.1, 0.15) is 40.5 Å². The maximum atomic E-state index is 13.1. The molecule has 0 radical (unpaired) electrons. The number of allylic oxidation sites excluding steroid dienone is 1. The zero-order valence-electron chi connectivity index (χ0n) is 26.4. The SMILES string of the molecule is C/C=C(\N=C=S)C(=O)O[C@@H]1[C@@H](O[C@H]2C[C@@H](OC)[C@](O)(C(C)=O)[C@@H](C)O2)[C@H](O)[C@@H]([C@]2(O)CC(=O)C(=N)C(C(=O)O)=C2O)O[C@H]1COC(C)=O. The zero-order chi connectivity index (χ0) is 36.3. The molecule has 18 nitrogen and oxygen atoms in total. The Morgan fingerprint density at radius 1 is 1.19 bits per heavy atom. The number of methoxy groups -OCH3 is 1. The van der Waals surface area contributed by atoms with Gasteiger partial charge in [-0.2, -0.15) is 4.99 Å². The van der Waals surface area contributed by atoms with Gasteiger partial charge >= 0.3 is 17.9 Å². The number of carbonyl (C=O) groups excluding carboxylic acids is 4. The van der Waals surface area contributed by atoms with Crippen LogP contribution in [0.25, 0.3) is 0 Å². The van der Waals surface area contributed by atoms with E-state index in [-0.39, 0.29) is 12.1 Å². The molecule has 0 amide bonds. The number of aliphatic hydroxyl groups is 4. The number of thiocarbonyl (C=S) groups is 1. The third-order valence-corrected chi connectivity index (χ3v) is 8.41. The number of esters is 2. The monoisotopic (exact) mass is 700 g/mol. The molecule has 0 saturated carbocycles. The molecule has 0 bridgehead atoms. The number of aliphatic imine (C=N–C) groups is 1. The van der Waals surface area contributed by atoms with Crippen LogP contribution in [0.4, 0.5) is 0 Å². The fourth-order valence-electron chi connectivity index (χ4n) is 5.80. The molecule has 2 aliphatic heterocycles. The van der Waals surface area contributed by atoms with Crippen LogP contribution in [-0.4, -0.2) is 140 Å². The quantitative estimate of drug-likeness (QED) is 0.0657. The summed E-state index contributed by atoms with van der Waals surface area (Å²) in [5.74, 6) is -7.29. The van der Waals surface area contributed by atoms with E-state index in [2.05, 4.69) is 17.2 Å². The highest BCUT2D eigenvalue weighted by Crippen LogP contribution is 2.42. The van der Waals surface area contributed by atoms with Gasteiger partial charge in [-0.15, -0.1) is 0 Å². The Morgan fingerprint density at radius 2 is 1.83 bits per heavy atom. The molecule has 0 aromatic heterocycles. The molecule has 0 aromatic rings. The third kappa shape index (κ3) is 7.29. The summed E-state index contributed by atoms with van der Waals surface area (Å²) in [4.78, 5) is 65.5. The summed E-state index contributed by atoms with van der Waals surface area (Å²) in [5, 5.41) is 64.8. The van der Waals surface area contributed by atoms with Crippen LogP contribution < -0.4 is 0 Å². The molecular weight excluding hydrogens is 664 g/mol. The van der Waals surface area contributed by atoms with Crippen LogP contribution in [-0.2, 0) is 52.4 Å². The van der Waals surface area contributed by atoms with Crippen molar-refractivity contribution in [2.45, 2.75) is 101 Å². The van der Waals surface area contributed by atoms with Gasteiger partial charge in [0.15, 0.2) is 40.9 Å². The van der Waals surface area contributed by atoms with Crippen molar-refractivity contribution in [3.8, 4) is 0 Å². The Bertz CT molecular complexity index is 1470. The van der Waals surface area contributed by atoms with Crippen LogP contribution in [0.2, 0.25) is 0 Å². The van der Waals surface area contributed by atoms with E-state index < -0.39 is 120 Å². The largest absolute Gasteiger partial charge is 0.508 e. The number of carboxylic acids is 1. The van der Waals surface area contributed by atoms with Crippen molar-refractivity contribution in [3.63, 3.8) is 0 Å². The molecule has 0 spiro atoms. The molecule has 48 heavy (non-hydrogen) atoms. The summed E-state index contributed by atoms with van der Waals surface area (Å²) in [6.45, 7) is 4.16. The average molecular weight is 701 g/mol. The fourth-order valence-corrected chi connectivity index (χ4v) is 5.90. The van der Waals surface area contributed by atoms with Gasteiger partial charge in [0.2, 0.25) is 0 Å². The van der Waals surface area contributed by atoms with Crippen LogP contribution in [0.15, 0.2) is 28.1 Å². The molecule has 2 saturated heterocycles. The molecule has 0 unspecified atom stereocenters. The maximum absolute atomic E-state index is 13.1. The van der Waals surface area contributed by atoms with Crippen molar-refractivity contribution in [2.75, 3.05) is 13.7 Å². The Morgan fingerprint density at radius 3 is 2.35 bits per heavy atom. The van der Waals surface area contributed by atoms with Gasteiger partial charge in [-0.1, -0.05) is 6.08 Å². The van der Waals surface area contributed by atoms with Crippen molar-refractivity contribution in [3.05, 3.63) is 23.1 Å². The molecule has 2 heterocycles. The van der Waals surface area contributed by atoms with Crippen molar-refractivity contribution in [1.82, 2.24) is 0 Å². The average Bonchev–Trinajstić information content (AvgIpc) is 3.01. The van der Waals surface area contributed by atoms with Gasteiger partial charge < -0.3 is 54.0 Å². The highest BCUT2D eigenvalue weighted by atomic mass is 32.1. The van der Waals surface area contributed by atoms with E-state index in [0.29, 0.717) is 0 Å². The second kappa shape index (κ2) is 15.2. The maximum Gasteiger partial charge on any atom is 0.357 e. The molecule has 10 atom stereocenters. The molecule has 0 aromatic carbocycles. The normalized spacial score (nSPS) is 35.8. The second-order valence-corrected chi connectivity index (χ2v) is 11.4. The highest BCUT2D eigenvalue weighted by Gasteiger charge is 2.61. The summed E-state index contributed by atoms with van der Waals surface area (Å²) >= 11 is 4.56. The van der Waals surface area contributed by atoms with Gasteiger partial charge in [0.25, 0.3) is 0 Å². The first-order valence-electron chi connectivity index (χ1n) is 14.4. The van der Waals surface area contributed by atoms with Crippen LogP contribution in [0.3, 0.4) is 0 Å². The number of nitrogens with zero attached hydrogens (tertiary/aromatic N) is 1. The van der Waals surface area contributed by atoms with E-state index >= 15 is 0 Å². The predicted molar refractivity (Wildman–Crippen MR) is 160 cm³/mol. The molecule has 3 rings (SSSR count). The zero-order valence-corrected chi connectivity index (χ0v) is 27.2. The van der Waals surface area contributed by atoms with Crippen LogP contribution in [0, 0.1) is 5.41 Å². The first-order valence-corrected chi connectivity index (χ1v) is 14.8. The van der Waals surface area contributed by atoms with Crippen molar-refractivity contribution >= 4 is 52.6 Å². The van der Waals surface area contributed by atoms with Gasteiger partial charge in [-0.3, -0.25) is 19.8 Å². The topological polar surface area (TPSA) is 278 Å². The minimum atomic E-state index is -3.01. The summed E-state index contributed by atoms with van der Waals surface area (Å²) in [6.07, 6.45) is -13.9. The minimum Gasteiger partial charge on any atom is -0.508 e. The number of ketones is 2. The molecule has 6 N–H and O–H groups in total. The number of hydrogen-bond donors (Lipinski definition) is 6. The van der Waals surface area contributed by atoms with Gasteiger partial charge in [-0.25, -0.2) is 9.59 Å². The number of carboxylic acid groups (broad SMARTS) is 1. The Labute approximate surface area is 278 Å². The summed E-state index contributed by atoms with van der Waals surface area (Å²) < 4.78 is 33.6. The van der Waals surface area contributed by atoms with Crippen molar-refractivity contribution in [2.24, 2.45) is 4.99 Å². The van der Waals surface area contributed by atoms with E-state index in [1.807, 2.05) is 5.16 Å². The molecule has 1 aliphatic carbocycles. The van der Waals surface area contributed by atoms with Gasteiger partial charge in [0, 0.05) is 20.5 Å². The molecule has 264 valence electrons. The molecule has 2 fully saturated rings. The van der Waals surface area contributed by atoms with E-state index in [0.717, 1.165) is 13.8 Å². The molecule has 3 aliphatic rings. The van der Waals surface area contributed by atoms with E-state index in [9.17, 15) is 49.5 Å². The van der Waals surface area contributed by atoms with E-state index in [1.165, 1.54) is 27.0 Å². The van der Waals surface area contributed by atoms with Gasteiger partial charge in [0.1, 0.15) is 54.2 Å². The van der Waals surface area contributed by atoms with Crippen LogP contribution in [0.5, 0.6) is 0 Å². The number of nitrogens with one attached hydrogen (secondary N) is 1. The number of rotatable bonds is 11. The Kier molecular flexibility index (Phi) is 12.2. The standard InChI is InChI=1S/C29H36N2O16S/c1-6-14(31-10-48)27(39)47-22-16(9-43-13(4)33)45-25(28(40)8-15(34)20(30)19(24(28)36)26(37)38)21(35)23(22)46-18-7-17(42-5)29(41,11(2)32)12(3)44-18/h6,12,16-18,21-23,25,30,35-36,40-41H,7-9H2,1-5H3,(H,37,38)/b14-6-,30-20?/t12-,16+,17-,18+,21+,22+,23+,25+,28+,29+/m1/s1. The third-order valence-electron chi connectivity index (χ3n) is 8.32. The summed E-state index contributed by atoms with van der Waals surface area (Å²) in [5.41, 5.74) is -7.89. The summed E-state index contributed by atoms with van der Waals surface area (Å²) in [6, 6.07) is 0.